The molecule has 0 saturated heterocycles. The van der Waals surface area contributed by atoms with Crippen molar-refractivity contribution >= 4 is 23.3 Å². The number of benzene rings is 1. The number of carbonyl (C=O) groups is 1. The van der Waals surface area contributed by atoms with Crippen molar-refractivity contribution < 1.29 is 4.79 Å². The van der Waals surface area contributed by atoms with Crippen molar-refractivity contribution in [2.75, 3.05) is 0 Å². The Morgan fingerprint density at radius 2 is 2.15 bits per heavy atom. The van der Waals surface area contributed by atoms with Crippen LogP contribution in [0.25, 0.3) is 17.0 Å². The fourth-order valence-electron chi connectivity index (χ4n) is 1.39. The van der Waals surface area contributed by atoms with Gasteiger partial charge in [-0.1, -0.05) is 18.2 Å². The van der Waals surface area contributed by atoms with Crippen LogP contribution in [0.1, 0.15) is 5.56 Å². The topological polar surface area (TPSA) is 32.9 Å². The van der Waals surface area contributed by atoms with Crippen LogP contribution < -0.4 is 0 Å². The van der Waals surface area contributed by atoms with Crippen LogP contribution in [0.4, 0.5) is 0 Å². The third kappa shape index (κ3) is 1.38. The van der Waals surface area contributed by atoms with Crippen molar-refractivity contribution in [3.63, 3.8) is 0 Å². The molecule has 0 aliphatic carbocycles. The zero-order valence-corrected chi connectivity index (χ0v) is 7.03. The number of carbonyl (C=O) groups excluding carboxylic acids is 1. The highest BCUT2D eigenvalue weighted by Gasteiger charge is 1.96. The normalized spacial score (nSPS) is 11.1. The Bertz CT molecular complexity index is 454. The van der Waals surface area contributed by atoms with Crippen molar-refractivity contribution in [1.82, 2.24) is 4.98 Å². The highest BCUT2D eigenvalue weighted by molar-refractivity contribution is 5.89. The van der Waals surface area contributed by atoms with Gasteiger partial charge in [0.2, 0.25) is 0 Å². The highest BCUT2D eigenvalue weighted by atomic mass is 16.1. The zero-order valence-electron chi connectivity index (χ0n) is 7.03. The molecule has 0 fully saturated rings. The number of hydrogen-bond donors (Lipinski definition) is 1. The maximum Gasteiger partial charge on any atom is 0.142 e. The van der Waals surface area contributed by atoms with Gasteiger partial charge in [-0.2, -0.15) is 0 Å². The molecule has 1 N–H and O–H groups in total. The third-order valence-electron chi connectivity index (χ3n) is 1.97. The molecule has 0 saturated carbocycles. The standard InChI is InChI=1S/C11H9NO/c13-8-2-5-9-3-1-4-10-6-7-12-11(9)10/h1-8,12H. The fraction of sp³-hybridized carbons (Fsp3) is 0. The smallest absolute Gasteiger partial charge is 0.142 e. The molecule has 1 heterocycles. The molecule has 0 atom stereocenters. The lowest BCUT2D eigenvalue weighted by atomic mass is 10.1. The van der Waals surface area contributed by atoms with E-state index in [2.05, 4.69) is 4.98 Å². The molecule has 2 nitrogen and oxygen atoms in total. The summed E-state index contributed by atoms with van der Waals surface area (Å²) in [6.45, 7) is 0. The van der Waals surface area contributed by atoms with Crippen LogP contribution in [0.15, 0.2) is 36.5 Å². The number of nitrogens with one attached hydrogen (secondary N) is 1. The summed E-state index contributed by atoms with van der Waals surface area (Å²) in [5, 5.41) is 1.16. The van der Waals surface area contributed by atoms with E-state index < -0.39 is 0 Å². The van der Waals surface area contributed by atoms with E-state index in [1.54, 1.807) is 6.08 Å². The molecule has 2 rings (SSSR count). The summed E-state index contributed by atoms with van der Waals surface area (Å²) in [5.41, 5.74) is 2.11. The average molecular weight is 171 g/mol. The van der Waals surface area contributed by atoms with Crippen LogP contribution >= 0.6 is 0 Å². The summed E-state index contributed by atoms with van der Waals surface area (Å²) in [4.78, 5) is 13.3. The number of hydrogen-bond acceptors (Lipinski definition) is 1. The molecule has 0 aliphatic heterocycles. The minimum atomic E-state index is 0.780. The first-order chi connectivity index (χ1) is 6.42. The number of aldehydes is 1. The van der Waals surface area contributed by atoms with Crippen LogP contribution in [0.3, 0.4) is 0 Å². The number of para-hydroxylation sites is 1. The van der Waals surface area contributed by atoms with E-state index in [-0.39, 0.29) is 0 Å². The largest absolute Gasteiger partial charge is 0.361 e. The van der Waals surface area contributed by atoms with E-state index >= 15 is 0 Å². The van der Waals surface area contributed by atoms with Gasteiger partial charge in [0.25, 0.3) is 0 Å². The number of rotatable bonds is 2. The van der Waals surface area contributed by atoms with Gasteiger partial charge in [-0.25, -0.2) is 0 Å². The van der Waals surface area contributed by atoms with Crippen LogP contribution in [-0.2, 0) is 4.79 Å². The molecule has 0 radical (unpaired) electrons. The molecule has 0 bridgehead atoms. The first kappa shape index (κ1) is 7.80. The van der Waals surface area contributed by atoms with E-state index in [0.29, 0.717) is 0 Å². The van der Waals surface area contributed by atoms with Crippen LogP contribution in [0, 0.1) is 0 Å². The van der Waals surface area contributed by atoms with Crippen LogP contribution in [0.5, 0.6) is 0 Å². The molecule has 64 valence electrons. The van der Waals surface area contributed by atoms with Crippen molar-refractivity contribution in [2.24, 2.45) is 0 Å². The second-order valence-corrected chi connectivity index (χ2v) is 2.78. The summed E-state index contributed by atoms with van der Waals surface area (Å²) >= 11 is 0. The summed E-state index contributed by atoms with van der Waals surface area (Å²) in [5.74, 6) is 0. The van der Waals surface area contributed by atoms with Crippen molar-refractivity contribution in [3.05, 3.63) is 42.1 Å². The first-order valence-electron chi connectivity index (χ1n) is 4.10. The predicted octanol–water partition coefficient (Wildman–Crippen LogP) is 2.38. The Kier molecular flexibility index (Phi) is 1.96. The molecule has 0 aliphatic rings. The van der Waals surface area contributed by atoms with E-state index in [1.165, 1.54) is 6.08 Å². The van der Waals surface area contributed by atoms with Gasteiger partial charge in [0.1, 0.15) is 6.29 Å². The molecule has 2 aromatic rings. The lowest BCUT2D eigenvalue weighted by Gasteiger charge is -1.94. The lowest BCUT2D eigenvalue weighted by Crippen LogP contribution is -1.75. The number of fused-ring (bicyclic) bond motifs is 1. The molecule has 0 amide bonds. The average Bonchev–Trinajstić information content (AvgIpc) is 2.62. The highest BCUT2D eigenvalue weighted by Crippen LogP contribution is 2.17. The molecular weight excluding hydrogens is 162 g/mol. The van der Waals surface area contributed by atoms with Gasteiger partial charge < -0.3 is 4.98 Å². The van der Waals surface area contributed by atoms with Gasteiger partial charge in [-0.3, -0.25) is 4.79 Å². The quantitative estimate of drug-likeness (QED) is 0.546. The lowest BCUT2D eigenvalue weighted by molar-refractivity contribution is -0.104. The number of H-pyrrole nitrogens is 1. The Hall–Kier alpha value is -1.83. The van der Waals surface area contributed by atoms with Gasteiger partial charge in [0.05, 0.1) is 5.52 Å². The second-order valence-electron chi connectivity index (χ2n) is 2.78. The zero-order chi connectivity index (χ0) is 9.10. The van der Waals surface area contributed by atoms with Crippen molar-refractivity contribution in [2.45, 2.75) is 0 Å². The van der Waals surface area contributed by atoms with Gasteiger partial charge in [-0.15, -0.1) is 0 Å². The summed E-state index contributed by atoms with van der Waals surface area (Å²) in [7, 11) is 0. The van der Waals surface area contributed by atoms with Crippen molar-refractivity contribution in [1.29, 1.82) is 0 Å². The Balaban J connectivity index is 2.60. The summed E-state index contributed by atoms with van der Waals surface area (Å²) in [6, 6.07) is 7.98. The van der Waals surface area contributed by atoms with Gasteiger partial charge in [0, 0.05) is 6.20 Å². The van der Waals surface area contributed by atoms with Gasteiger partial charge in [0.15, 0.2) is 0 Å². The number of aromatic amines is 1. The molecule has 1 aromatic heterocycles. The molecule has 13 heavy (non-hydrogen) atoms. The minimum absolute atomic E-state index is 0.780. The minimum Gasteiger partial charge on any atom is -0.361 e. The van der Waals surface area contributed by atoms with E-state index in [0.717, 1.165) is 22.8 Å². The monoisotopic (exact) mass is 171 g/mol. The Morgan fingerprint density at radius 1 is 1.23 bits per heavy atom. The summed E-state index contributed by atoms with van der Waals surface area (Å²) < 4.78 is 0. The molecule has 1 aromatic carbocycles. The fourth-order valence-corrected chi connectivity index (χ4v) is 1.39. The third-order valence-corrected chi connectivity index (χ3v) is 1.97. The van der Waals surface area contributed by atoms with Gasteiger partial charge in [-0.05, 0) is 29.2 Å². The number of allylic oxidation sites excluding steroid dienone is 1. The summed E-state index contributed by atoms with van der Waals surface area (Å²) in [6.07, 6.45) is 5.96. The molecular formula is C11H9NO. The Morgan fingerprint density at radius 3 is 3.00 bits per heavy atom. The van der Waals surface area contributed by atoms with Gasteiger partial charge >= 0.3 is 0 Å². The first-order valence-corrected chi connectivity index (χ1v) is 4.10. The molecule has 0 unspecified atom stereocenters. The number of aromatic nitrogens is 1. The SMILES string of the molecule is O=CC=Cc1cccc2cc[nH]c12. The predicted molar refractivity (Wildman–Crippen MR) is 53.4 cm³/mol. The van der Waals surface area contributed by atoms with Crippen LogP contribution in [0.2, 0.25) is 0 Å². The maximum atomic E-state index is 10.2. The Labute approximate surface area is 75.9 Å². The van der Waals surface area contributed by atoms with E-state index in [4.69, 9.17) is 0 Å². The van der Waals surface area contributed by atoms with Crippen molar-refractivity contribution in [3.8, 4) is 0 Å². The van der Waals surface area contributed by atoms with Crippen LogP contribution in [-0.4, -0.2) is 11.3 Å². The molecule has 0 spiro atoms. The van der Waals surface area contributed by atoms with E-state index in [9.17, 15) is 4.79 Å². The van der Waals surface area contributed by atoms with E-state index in [1.807, 2.05) is 30.5 Å². The molecule has 2 heteroatoms. The second kappa shape index (κ2) is 3.27. The maximum absolute atomic E-state index is 10.2.